The van der Waals surface area contributed by atoms with Gasteiger partial charge in [0.15, 0.2) is 0 Å². The fourth-order valence-electron chi connectivity index (χ4n) is 1.13. The third-order valence-electron chi connectivity index (χ3n) is 1.85. The van der Waals surface area contributed by atoms with Gasteiger partial charge < -0.3 is 11.1 Å². The van der Waals surface area contributed by atoms with Crippen molar-refractivity contribution in [2.45, 2.75) is 20.3 Å². The minimum atomic E-state index is 0.678. The highest BCUT2D eigenvalue weighted by atomic mass is 35.5. The maximum absolute atomic E-state index is 5.79. The van der Waals surface area contributed by atoms with Crippen LogP contribution in [-0.4, -0.2) is 24.8 Å². The molecule has 0 aliphatic heterocycles. The van der Waals surface area contributed by atoms with Crippen LogP contribution in [-0.2, 0) is 0 Å². The minimum absolute atomic E-state index is 0.678. The Labute approximate surface area is 126 Å². The maximum Gasteiger partial charge on any atom is 0.0574 e. The van der Waals surface area contributed by atoms with E-state index in [-0.39, 0.29) is 0 Å². The SMILES string of the molecule is CC.CS.CSCCCNc1ccc(Cl)cc1N. The second-order valence-electron chi connectivity index (χ2n) is 3.00. The van der Waals surface area contributed by atoms with Gasteiger partial charge in [0.25, 0.3) is 0 Å². The van der Waals surface area contributed by atoms with E-state index in [0.29, 0.717) is 10.7 Å². The molecule has 1 aromatic carbocycles. The molecule has 0 aliphatic rings. The van der Waals surface area contributed by atoms with Crippen molar-refractivity contribution in [3.05, 3.63) is 23.2 Å². The van der Waals surface area contributed by atoms with Crippen molar-refractivity contribution >= 4 is 47.4 Å². The zero-order valence-corrected chi connectivity index (χ0v) is 14.1. The Morgan fingerprint density at radius 3 is 2.44 bits per heavy atom. The van der Waals surface area contributed by atoms with Crippen molar-refractivity contribution in [2.75, 3.05) is 35.9 Å². The molecule has 0 amide bonds. The number of thiol groups is 1. The summed E-state index contributed by atoms with van der Waals surface area (Å²) in [5.74, 6) is 1.17. The monoisotopic (exact) mass is 308 g/mol. The average Bonchev–Trinajstić information content (AvgIpc) is 2.41. The Bertz CT molecular complexity index is 296. The molecular weight excluding hydrogens is 284 g/mol. The first kappa shape index (κ1) is 20.1. The van der Waals surface area contributed by atoms with Gasteiger partial charge in [-0.05, 0) is 42.9 Å². The summed E-state index contributed by atoms with van der Waals surface area (Å²) in [6.45, 7) is 4.95. The van der Waals surface area contributed by atoms with E-state index in [9.17, 15) is 0 Å². The Kier molecular flexibility index (Phi) is 16.6. The summed E-state index contributed by atoms with van der Waals surface area (Å²) in [5.41, 5.74) is 7.46. The second kappa shape index (κ2) is 14.9. The van der Waals surface area contributed by atoms with Gasteiger partial charge in [0.1, 0.15) is 0 Å². The molecule has 106 valence electrons. The predicted molar refractivity (Wildman–Crippen MR) is 93.6 cm³/mol. The summed E-state index contributed by atoms with van der Waals surface area (Å²) >= 11 is 11.2. The molecular formula is C13H25ClN2S2. The molecule has 0 saturated heterocycles. The van der Waals surface area contributed by atoms with E-state index < -0.39 is 0 Å². The van der Waals surface area contributed by atoms with Crippen molar-refractivity contribution in [2.24, 2.45) is 0 Å². The van der Waals surface area contributed by atoms with Gasteiger partial charge in [-0.25, -0.2) is 0 Å². The number of hydrogen-bond donors (Lipinski definition) is 3. The standard InChI is InChI=1S/C10H15ClN2S.C2H6.CH4S/c1-14-6-2-5-13-10-4-3-8(11)7-9(10)12;2*1-2/h3-4,7,13H,2,5-6,12H2,1H3;1-2H3;2H,1H3. The lowest BCUT2D eigenvalue weighted by molar-refractivity contribution is 0.994. The molecule has 0 heterocycles. The third-order valence-corrected chi connectivity index (χ3v) is 2.79. The van der Waals surface area contributed by atoms with E-state index in [1.807, 2.05) is 37.7 Å². The predicted octanol–water partition coefficient (Wildman–Crippen LogP) is 4.66. The fraction of sp³-hybridized carbons (Fsp3) is 0.538. The van der Waals surface area contributed by atoms with E-state index in [2.05, 4.69) is 24.2 Å². The Hall–Kier alpha value is -0.190. The van der Waals surface area contributed by atoms with Crippen molar-refractivity contribution in [1.82, 2.24) is 0 Å². The maximum atomic E-state index is 5.79. The van der Waals surface area contributed by atoms with Gasteiger partial charge in [0.2, 0.25) is 0 Å². The van der Waals surface area contributed by atoms with Crippen LogP contribution in [0.25, 0.3) is 0 Å². The van der Waals surface area contributed by atoms with Crippen LogP contribution in [0.4, 0.5) is 11.4 Å². The number of nitrogen functional groups attached to an aromatic ring is 1. The van der Waals surface area contributed by atoms with Crippen LogP contribution < -0.4 is 11.1 Å². The first-order valence-corrected chi connectivity index (χ1v) is 8.63. The van der Waals surface area contributed by atoms with Gasteiger partial charge >= 0.3 is 0 Å². The average molecular weight is 309 g/mol. The van der Waals surface area contributed by atoms with Crippen LogP contribution >= 0.6 is 36.0 Å². The molecule has 18 heavy (non-hydrogen) atoms. The van der Waals surface area contributed by atoms with Crippen LogP contribution in [0.5, 0.6) is 0 Å². The van der Waals surface area contributed by atoms with Crippen LogP contribution in [0.3, 0.4) is 0 Å². The van der Waals surface area contributed by atoms with Crippen LogP contribution in [0.15, 0.2) is 18.2 Å². The normalized spacial score (nSPS) is 8.56. The molecule has 3 N–H and O–H groups in total. The summed E-state index contributed by atoms with van der Waals surface area (Å²) in [6.07, 6.45) is 4.94. The summed E-state index contributed by atoms with van der Waals surface area (Å²) in [4.78, 5) is 0. The molecule has 0 bridgehead atoms. The van der Waals surface area contributed by atoms with Gasteiger partial charge in [-0.3, -0.25) is 0 Å². The first-order chi connectivity index (χ1) is 8.74. The molecule has 2 nitrogen and oxygen atoms in total. The number of nitrogens with two attached hydrogens (primary N) is 1. The summed E-state index contributed by atoms with van der Waals surface area (Å²) in [7, 11) is 0. The third kappa shape index (κ3) is 9.80. The van der Waals surface area contributed by atoms with Crippen molar-refractivity contribution in [1.29, 1.82) is 0 Å². The number of nitrogens with one attached hydrogen (secondary N) is 1. The van der Waals surface area contributed by atoms with Gasteiger partial charge in [-0.15, -0.1) is 0 Å². The number of benzene rings is 1. The Morgan fingerprint density at radius 2 is 1.94 bits per heavy atom. The van der Waals surface area contributed by atoms with Crippen molar-refractivity contribution < 1.29 is 0 Å². The topological polar surface area (TPSA) is 38.0 Å². The molecule has 0 saturated carbocycles. The Balaban J connectivity index is 0. The lowest BCUT2D eigenvalue weighted by Crippen LogP contribution is -2.04. The molecule has 1 rings (SSSR count). The molecule has 0 radical (unpaired) electrons. The number of hydrogen-bond acceptors (Lipinski definition) is 4. The number of halogens is 1. The van der Waals surface area contributed by atoms with Crippen LogP contribution in [0.1, 0.15) is 20.3 Å². The second-order valence-corrected chi connectivity index (χ2v) is 4.43. The molecule has 0 unspecified atom stereocenters. The highest BCUT2D eigenvalue weighted by Crippen LogP contribution is 2.22. The highest BCUT2D eigenvalue weighted by Gasteiger charge is 1.98. The first-order valence-electron chi connectivity index (χ1n) is 5.96. The molecule has 1 aromatic rings. The molecule has 0 fully saturated rings. The van der Waals surface area contributed by atoms with Crippen LogP contribution in [0.2, 0.25) is 5.02 Å². The number of anilines is 2. The van der Waals surface area contributed by atoms with E-state index in [4.69, 9.17) is 17.3 Å². The quantitative estimate of drug-likeness (QED) is 0.421. The van der Waals surface area contributed by atoms with E-state index >= 15 is 0 Å². The molecule has 0 aromatic heterocycles. The number of thioether (sulfide) groups is 1. The van der Waals surface area contributed by atoms with Crippen LogP contribution in [0, 0.1) is 0 Å². The fourth-order valence-corrected chi connectivity index (χ4v) is 1.75. The van der Waals surface area contributed by atoms with E-state index in [1.54, 1.807) is 12.3 Å². The van der Waals surface area contributed by atoms with Crippen molar-refractivity contribution in [3.8, 4) is 0 Å². The summed E-state index contributed by atoms with van der Waals surface area (Å²) < 4.78 is 0. The largest absolute Gasteiger partial charge is 0.397 e. The van der Waals surface area contributed by atoms with Gasteiger partial charge in [-0.2, -0.15) is 24.4 Å². The Morgan fingerprint density at radius 1 is 1.33 bits per heavy atom. The van der Waals surface area contributed by atoms with Gasteiger partial charge in [-0.1, -0.05) is 25.4 Å². The molecule has 0 spiro atoms. The minimum Gasteiger partial charge on any atom is -0.397 e. The molecule has 5 heteroatoms. The zero-order valence-electron chi connectivity index (χ0n) is 11.7. The van der Waals surface area contributed by atoms with Crippen molar-refractivity contribution in [3.63, 3.8) is 0 Å². The zero-order chi connectivity index (χ0) is 14.4. The highest BCUT2D eigenvalue weighted by molar-refractivity contribution is 7.98. The van der Waals surface area contributed by atoms with Gasteiger partial charge in [0.05, 0.1) is 11.4 Å². The van der Waals surface area contributed by atoms with Gasteiger partial charge in [0, 0.05) is 11.6 Å². The lowest BCUT2D eigenvalue weighted by Gasteiger charge is -2.08. The summed E-state index contributed by atoms with van der Waals surface area (Å²) in [6, 6.07) is 5.52. The lowest BCUT2D eigenvalue weighted by atomic mass is 10.2. The smallest absolute Gasteiger partial charge is 0.0574 e. The van der Waals surface area contributed by atoms with E-state index in [0.717, 1.165) is 18.7 Å². The molecule has 0 atom stereocenters. The number of rotatable bonds is 5. The van der Waals surface area contributed by atoms with E-state index in [1.165, 1.54) is 5.75 Å². The molecule has 0 aliphatic carbocycles. The summed E-state index contributed by atoms with van der Waals surface area (Å²) in [5, 5.41) is 3.96.